The minimum absolute atomic E-state index is 0.0781. The number of fused-ring (bicyclic) bond motifs is 1. The number of aliphatic hydroxyl groups is 3. The van der Waals surface area contributed by atoms with Crippen molar-refractivity contribution in [2.24, 2.45) is 0 Å². The van der Waals surface area contributed by atoms with Crippen LogP contribution in [-0.4, -0.2) is 56.6 Å². The van der Waals surface area contributed by atoms with Gasteiger partial charge in [0.1, 0.15) is 11.4 Å². The van der Waals surface area contributed by atoms with Gasteiger partial charge in [0.25, 0.3) is 0 Å². The van der Waals surface area contributed by atoms with E-state index in [0.29, 0.717) is 0 Å². The average molecular weight is 281 g/mol. The maximum absolute atomic E-state index is 12.1. The predicted molar refractivity (Wildman–Crippen MR) is 72.0 cm³/mol. The third kappa shape index (κ3) is 1.87. The molecular weight excluding hydrogens is 266 g/mol. The molecule has 0 bridgehead atoms. The molecule has 5 nitrogen and oxygen atoms in total. The first-order valence-corrected chi connectivity index (χ1v) is 7.10. The number of benzene rings is 1. The van der Waals surface area contributed by atoms with Crippen molar-refractivity contribution in [3.63, 3.8) is 0 Å². The zero-order valence-corrected chi connectivity index (χ0v) is 10.9. The molecule has 2 aliphatic rings. The molecule has 5 atom stereocenters. The molecule has 0 aliphatic carbocycles. The Morgan fingerprint density at radius 1 is 1.16 bits per heavy atom. The molecule has 19 heavy (non-hydrogen) atoms. The molecule has 0 radical (unpaired) electrons. The molecule has 6 heteroatoms. The van der Waals surface area contributed by atoms with Crippen molar-refractivity contribution in [3.05, 3.63) is 30.3 Å². The largest absolute Gasteiger partial charge is 0.395 e. The SMILES string of the molecule is O=C1[C@@H]2S[C@H](CO)[C@@H](O)[C@H](O)[C@@H]2N1c1ccccc1. The van der Waals surface area contributed by atoms with Gasteiger partial charge in [-0.2, -0.15) is 0 Å². The lowest BCUT2D eigenvalue weighted by Gasteiger charge is -2.54. The second kappa shape index (κ2) is 4.79. The molecule has 1 aromatic rings. The van der Waals surface area contributed by atoms with Gasteiger partial charge in [-0.15, -0.1) is 11.8 Å². The van der Waals surface area contributed by atoms with E-state index in [1.165, 1.54) is 16.7 Å². The van der Waals surface area contributed by atoms with Crippen molar-refractivity contribution in [2.45, 2.75) is 28.7 Å². The predicted octanol–water partition coefficient (Wildman–Crippen LogP) is -0.400. The Kier molecular flexibility index (Phi) is 3.26. The zero-order chi connectivity index (χ0) is 13.6. The molecule has 0 spiro atoms. The van der Waals surface area contributed by atoms with Gasteiger partial charge in [-0.3, -0.25) is 4.79 Å². The van der Waals surface area contributed by atoms with Crippen LogP contribution < -0.4 is 4.90 Å². The summed E-state index contributed by atoms with van der Waals surface area (Å²) in [6, 6.07) is 8.69. The van der Waals surface area contributed by atoms with E-state index in [0.717, 1.165) is 5.69 Å². The number of para-hydroxylation sites is 1. The van der Waals surface area contributed by atoms with Crippen LogP contribution in [0.3, 0.4) is 0 Å². The first kappa shape index (κ1) is 12.9. The maximum atomic E-state index is 12.1. The van der Waals surface area contributed by atoms with E-state index in [1.807, 2.05) is 18.2 Å². The van der Waals surface area contributed by atoms with Gasteiger partial charge in [-0.1, -0.05) is 18.2 Å². The number of rotatable bonds is 2. The van der Waals surface area contributed by atoms with Gasteiger partial charge in [0.05, 0.1) is 24.0 Å². The van der Waals surface area contributed by atoms with Gasteiger partial charge in [0.15, 0.2) is 0 Å². The van der Waals surface area contributed by atoms with Crippen molar-refractivity contribution >= 4 is 23.4 Å². The highest BCUT2D eigenvalue weighted by Gasteiger charge is 2.58. The molecule has 0 saturated carbocycles. The highest BCUT2D eigenvalue weighted by atomic mass is 32.2. The number of amides is 1. The van der Waals surface area contributed by atoms with Gasteiger partial charge < -0.3 is 20.2 Å². The average Bonchev–Trinajstić information content (AvgIpc) is 2.44. The number of hydrogen-bond donors (Lipinski definition) is 3. The summed E-state index contributed by atoms with van der Waals surface area (Å²) >= 11 is 1.25. The molecule has 1 aromatic carbocycles. The van der Waals surface area contributed by atoms with E-state index in [-0.39, 0.29) is 17.8 Å². The lowest BCUT2D eigenvalue weighted by atomic mass is 9.89. The molecule has 2 fully saturated rings. The molecule has 2 aliphatic heterocycles. The Balaban J connectivity index is 1.87. The number of nitrogens with zero attached hydrogens (tertiary/aromatic N) is 1. The third-order valence-corrected chi connectivity index (χ3v) is 5.26. The fourth-order valence-corrected chi connectivity index (χ4v) is 4.14. The van der Waals surface area contributed by atoms with E-state index in [4.69, 9.17) is 5.11 Å². The molecule has 2 heterocycles. The van der Waals surface area contributed by atoms with Gasteiger partial charge in [-0.25, -0.2) is 0 Å². The first-order valence-electron chi connectivity index (χ1n) is 6.15. The summed E-state index contributed by atoms with van der Waals surface area (Å²) in [4.78, 5) is 13.7. The quantitative estimate of drug-likeness (QED) is 0.643. The Hall–Kier alpha value is -1.08. The first-order chi connectivity index (χ1) is 9.15. The number of aliphatic hydroxyl groups excluding tert-OH is 3. The van der Waals surface area contributed by atoms with E-state index in [2.05, 4.69) is 0 Å². The zero-order valence-electron chi connectivity index (χ0n) is 10.1. The number of thioether (sulfide) groups is 1. The van der Waals surface area contributed by atoms with Crippen molar-refractivity contribution < 1.29 is 20.1 Å². The van der Waals surface area contributed by atoms with E-state index < -0.39 is 23.5 Å². The Bertz CT molecular complexity index is 483. The number of anilines is 1. The molecule has 1 amide bonds. The van der Waals surface area contributed by atoms with Crippen molar-refractivity contribution in [3.8, 4) is 0 Å². The molecule has 3 N–H and O–H groups in total. The van der Waals surface area contributed by atoms with Crippen LogP contribution in [0, 0.1) is 0 Å². The van der Waals surface area contributed by atoms with Gasteiger partial charge >= 0.3 is 0 Å². The van der Waals surface area contributed by atoms with Crippen LogP contribution in [0.15, 0.2) is 30.3 Å². The fourth-order valence-electron chi connectivity index (χ4n) is 2.68. The fraction of sp³-hybridized carbons (Fsp3) is 0.462. The van der Waals surface area contributed by atoms with E-state index in [9.17, 15) is 15.0 Å². The van der Waals surface area contributed by atoms with Crippen LogP contribution in [0.5, 0.6) is 0 Å². The lowest BCUT2D eigenvalue weighted by Crippen LogP contribution is -2.74. The van der Waals surface area contributed by atoms with Crippen molar-refractivity contribution in [1.29, 1.82) is 0 Å². The summed E-state index contributed by atoms with van der Waals surface area (Å²) in [6.07, 6.45) is -2.04. The number of hydrogen-bond acceptors (Lipinski definition) is 5. The number of β-lactam (4-membered cyclic amide) rings is 1. The minimum Gasteiger partial charge on any atom is -0.395 e. The number of carbonyl (C=O) groups excluding carboxylic acids is 1. The maximum Gasteiger partial charge on any atom is 0.242 e. The highest BCUT2D eigenvalue weighted by molar-refractivity contribution is 8.01. The molecule has 2 saturated heterocycles. The Labute approximate surface area is 114 Å². The molecule has 102 valence electrons. The van der Waals surface area contributed by atoms with Gasteiger partial charge in [0, 0.05) is 5.69 Å². The van der Waals surface area contributed by atoms with E-state index in [1.54, 1.807) is 12.1 Å². The topological polar surface area (TPSA) is 81.0 Å². The van der Waals surface area contributed by atoms with Crippen LogP contribution in [0.1, 0.15) is 0 Å². The Morgan fingerprint density at radius 3 is 2.47 bits per heavy atom. The summed E-state index contributed by atoms with van der Waals surface area (Å²) in [5.74, 6) is -0.0781. The molecular formula is C13H15NO4S. The normalized spacial score (nSPS) is 37.7. The second-order valence-corrected chi connectivity index (χ2v) is 6.18. The van der Waals surface area contributed by atoms with Gasteiger partial charge in [-0.05, 0) is 12.1 Å². The molecule has 3 rings (SSSR count). The van der Waals surface area contributed by atoms with Crippen molar-refractivity contribution in [2.75, 3.05) is 11.5 Å². The number of carbonyl (C=O) groups is 1. The molecule has 0 aromatic heterocycles. The minimum atomic E-state index is -1.03. The van der Waals surface area contributed by atoms with Crippen LogP contribution in [0.25, 0.3) is 0 Å². The summed E-state index contributed by atoms with van der Waals surface area (Å²) in [6.45, 7) is -0.245. The lowest BCUT2D eigenvalue weighted by molar-refractivity contribution is -0.128. The smallest absolute Gasteiger partial charge is 0.242 e. The van der Waals surface area contributed by atoms with Crippen LogP contribution in [-0.2, 0) is 4.79 Å². The highest BCUT2D eigenvalue weighted by Crippen LogP contribution is 2.44. The third-order valence-electron chi connectivity index (χ3n) is 3.71. The summed E-state index contributed by atoms with van der Waals surface area (Å²) < 4.78 is 0. The summed E-state index contributed by atoms with van der Waals surface area (Å²) in [5.41, 5.74) is 0.725. The molecule has 0 unspecified atom stereocenters. The van der Waals surface area contributed by atoms with Crippen LogP contribution in [0.2, 0.25) is 0 Å². The monoisotopic (exact) mass is 281 g/mol. The second-order valence-electron chi connectivity index (χ2n) is 4.79. The van der Waals surface area contributed by atoms with Crippen LogP contribution in [0.4, 0.5) is 5.69 Å². The van der Waals surface area contributed by atoms with Gasteiger partial charge in [0.2, 0.25) is 5.91 Å². The van der Waals surface area contributed by atoms with E-state index >= 15 is 0 Å². The van der Waals surface area contributed by atoms with Crippen molar-refractivity contribution in [1.82, 2.24) is 0 Å². The Morgan fingerprint density at radius 2 is 1.84 bits per heavy atom. The summed E-state index contributed by atoms with van der Waals surface area (Å²) in [5, 5.41) is 28.4. The van der Waals surface area contributed by atoms with Crippen LogP contribution >= 0.6 is 11.8 Å². The standard InChI is InChI=1S/C13H15NO4S/c15-6-8-10(16)11(17)9-12(19-8)13(18)14(9)7-4-2-1-3-5-7/h1-5,8-12,15-17H,6H2/t8-,9+,10-,11-,12-/m1/s1. The summed E-state index contributed by atoms with van der Waals surface area (Å²) in [7, 11) is 0.